The molecule has 0 bridgehead atoms. The number of quaternary nitrogens is 1. The molecule has 0 amide bonds. The van der Waals surface area contributed by atoms with Crippen LogP contribution in [0.4, 0.5) is 0 Å². The van der Waals surface area contributed by atoms with Crippen molar-refractivity contribution in [1.82, 2.24) is 0 Å². The van der Waals surface area contributed by atoms with Gasteiger partial charge in [0, 0.05) is 17.6 Å². The van der Waals surface area contributed by atoms with Gasteiger partial charge in [-0.2, -0.15) is 0 Å². The molecule has 1 aliphatic carbocycles. The third-order valence-corrected chi connectivity index (χ3v) is 4.80. The Hall–Kier alpha value is -1.58. The Morgan fingerprint density at radius 3 is 2.71 bits per heavy atom. The van der Waals surface area contributed by atoms with Gasteiger partial charge in [0.1, 0.15) is 12.3 Å². The van der Waals surface area contributed by atoms with E-state index in [0.717, 1.165) is 25.9 Å². The van der Waals surface area contributed by atoms with Crippen molar-refractivity contribution in [3.8, 4) is 5.75 Å². The lowest BCUT2D eigenvalue weighted by Crippen LogP contribution is -3.08. The monoisotopic (exact) mass is 286 g/mol. The maximum atomic E-state index is 9.63. The van der Waals surface area contributed by atoms with Crippen molar-refractivity contribution < 1.29 is 15.1 Å². The number of aliphatic hydroxyl groups excluding tert-OH is 1. The first-order valence-electron chi connectivity index (χ1n) is 7.83. The zero-order valence-corrected chi connectivity index (χ0v) is 12.6. The number of benzene rings is 1. The van der Waals surface area contributed by atoms with Gasteiger partial charge in [0.2, 0.25) is 0 Å². The lowest BCUT2D eigenvalue weighted by atomic mass is 9.96. The molecule has 3 N–H and O–H groups in total. The fourth-order valence-electron chi connectivity index (χ4n) is 3.50. The molecule has 2 aliphatic rings. The lowest BCUT2D eigenvalue weighted by Gasteiger charge is -2.24. The molecule has 2 atom stereocenters. The highest BCUT2D eigenvalue weighted by Gasteiger charge is 2.31. The zero-order valence-electron chi connectivity index (χ0n) is 12.6. The molecular weight excluding hydrogens is 262 g/mol. The molecule has 3 heteroatoms. The van der Waals surface area contributed by atoms with Crippen LogP contribution in [-0.4, -0.2) is 29.9 Å². The molecule has 1 fully saturated rings. The Labute approximate surface area is 126 Å². The molecule has 1 aromatic carbocycles. The minimum Gasteiger partial charge on any atom is -0.508 e. The number of fused-ring (bicyclic) bond motifs is 1. The van der Waals surface area contributed by atoms with E-state index in [1.807, 2.05) is 12.1 Å². The van der Waals surface area contributed by atoms with Gasteiger partial charge in [-0.3, -0.25) is 0 Å². The fourth-order valence-corrected chi connectivity index (χ4v) is 3.50. The quantitative estimate of drug-likeness (QED) is 0.784. The van der Waals surface area contributed by atoms with Crippen LogP contribution >= 0.6 is 0 Å². The molecule has 0 spiro atoms. The number of aromatic hydroxyl groups is 1. The molecular formula is C18H24NO2+. The van der Waals surface area contributed by atoms with E-state index in [9.17, 15) is 10.2 Å². The van der Waals surface area contributed by atoms with Crippen LogP contribution in [0.2, 0.25) is 0 Å². The van der Waals surface area contributed by atoms with Crippen LogP contribution in [-0.2, 0) is 6.42 Å². The van der Waals surface area contributed by atoms with E-state index in [1.165, 1.54) is 33.6 Å². The molecule has 3 rings (SSSR count). The molecule has 1 aliphatic heterocycles. The van der Waals surface area contributed by atoms with Gasteiger partial charge in [0.25, 0.3) is 0 Å². The second kappa shape index (κ2) is 6.04. The molecule has 21 heavy (non-hydrogen) atoms. The molecule has 3 nitrogen and oxygen atoms in total. The van der Waals surface area contributed by atoms with E-state index < -0.39 is 0 Å². The topological polar surface area (TPSA) is 44.9 Å². The summed E-state index contributed by atoms with van der Waals surface area (Å²) in [5, 5.41) is 19.0. The predicted octanol–water partition coefficient (Wildman–Crippen LogP) is 1.44. The first-order valence-corrected chi connectivity index (χ1v) is 7.83. The molecule has 1 saturated carbocycles. The Bertz CT molecular complexity index is 571. The van der Waals surface area contributed by atoms with Crippen LogP contribution in [0.25, 0.3) is 0 Å². The normalized spacial score (nSPS) is 25.0. The maximum absolute atomic E-state index is 9.63. The summed E-state index contributed by atoms with van der Waals surface area (Å²) in [5.41, 5.74) is 5.38. The number of aliphatic hydroxyl groups is 1. The Morgan fingerprint density at radius 1 is 1.24 bits per heavy atom. The first kappa shape index (κ1) is 14.4. The van der Waals surface area contributed by atoms with Crippen LogP contribution < -0.4 is 4.90 Å². The summed E-state index contributed by atoms with van der Waals surface area (Å²) >= 11 is 0. The molecule has 0 radical (unpaired) electrons. The van der Waals surface area contributed by atoms with Crippen LogP contribution in [0.1, 0.15) is 25.3 Å². The van der Waals surface area contributed by atoms with Gasteiger partial charge in [-0.25, -0.2) is 0 Å². The van der Waals surface area contributed by atoms with E-state index in [0.29, 0.717) is 11.7 Å². The molecule has 2 unspecified atom stereocenters. The summed E-state index contributed by atoms with van der Waals surface area (Å²) < 4.78 is 0. The van der Waals surface area contributed by atoms with Gasteiger partial charge < -0.3 is 15.1 Å². The van der Waals surface area contributed by atoms with Crippen LogP contribution in [0.15, 0.2) is 47.2 Å². The largest absolute Gasteiger partial charge is 0.508 e. The molecule has 1 heterocycles. The second-order valence-corrected chi connectivity index (χ2v) is 6.28. The molecule has 0 saturated heterocycles. The number of hydrogen-bond donors (Lipinski definition) is 3. The molecule has 1 aromatic rings. The third kappa shape index (κ3) is 3.04. The number of phenolic OH excluding ortho intramolecular Hbond substituents is 1. The number of nitrogens with one attached hydrogen (secondary N) is 1. The zero-order chi connectivity index (χ0) is 14.8. The average Bonchev–Trinajstić information content (AvgIpc) is 2.87. The summed E-state index contributed by atoms with van der Waals surface area (Å²) in [6.45, 7) is 4.44. The second-order valence-electron chi connectivity index (χ2n) is 6.28. The van der Waals surface area contributed by atoms with Gasteiger partial charge in [-0.1, -0.05) is 19.1 Å². The highest BCUT2D eigenvalue weighted by Crippen LogP contribution is 2.37. The first-order chi connectivity index (χ1) is 10.2. The van der Waals surface area contributed by atoms with Crippen LogP contribution in [0, 0.1) is 5.92 Å². The predicted molar refractivity (Wildman–Crippen MR) is 83.1 cm³/mol. The van der Waals surface area contributed by atoms with E-state index in [1.54, 1.807) is 12.1 Å². The maximum Gasteiger partial charge on any atom is 0.115 e. The smallest absolute Gasteiger partial charge is 0.115 e. The fraction of sp³-hybridized carbons (Fsp3) is 0.444. The number of rotatable bonds is 4. The van der Waals surface area contributed by atoms with Crippen molar-refractivity contribution in [1.29, 1.82) is 0 Å². The average molecular weight is 286 g/mol. The van der Waals surface area contributed by atoms with E-state index in [2.05, 4.69) is 13.1 Å². The van der Waals surface area contributed by atoms with Crippen LogP contribution in [0.3, 0.4) is 0 Å². The number of hydrogen-bond acceptors (Lipinski definition) is 2. The molecule has 112 valence electrons. The number of phenols is 1. The van der Waals surface area contributed by atoms with Crippen molar-refractivity contribution in [2.24, 2.45) is 5.92 Å². The van der Waals surface area contributed by atoms with E-state index >= 15 is 0 Å². The summed E-state index contributed by atoms with van der Waals surface area (Å²) in [6, 6.07) is 7.46. The van der Waals surface area contributed by atoms with Gasteiger partial charge in [-0.05, 0) is 42.0 Å². The van der Waals surface area contributed by atoms with Crippen molar-refractivity contribution >= 4 is 0 Å². The van der Waals surface area contributed by atoms with Crippen molar-refractivity contribution in [3.63, 3.8) is 0 Å². The summed E-state index contributed by atoms with van der Waals surface area (Å²) in [6.07, 6.45) is 5.72. The summed E-state index contributed by atoms with van der Waals surface area (Å²) in [5.74, 6) is 0.951. The minimum absolute atomic E-state index is 0.197. The minimum atomic E-state index is 0.197. The Balaban J connectivity index is 1.69. The number of allylic oxidation sites excluding steroid dienone is 2. The van der Waals surface area contributed by atoms with Crippen molar-refractivity contribution in [2.45, 2.75) is 26.2 Å². The standard InChI is InChI=1S/C18H23NO2/c1-13-2-7-17-15(12-20)10-19(11-18(13)17)9-8-14-3-5-16(21)6-4-14/h3-6,11,13,20-21H,2,7-10,12H2,1H3/p+1. The van der Waals surface area contributed by atoms with Crippen molar-refractivity contribution in [2.75, 3.05) is 19.7 Å². The molecule has 0 aromatic heterocycles. The van der Waals surface area contributed by atoms with E-state index in [4.69, 9.17) is 0 Å². The summed E-state index contributed by atoms with van der Waals surface area (Å²) in [7, 11) is 0. The van der Waals surface area contributed by atoms with Gasteiger partial charge >= 0.3 is 0 Å². The highest BCUT2D eigenvalue weighted by atomic mass is 16.3. The lowest BCUT2D eigenvalue weighted by molar-refractivity contribution is -0.843. The Kier molecular flexibility index (Phi) is 4.13. The summed E-state index contributed by atoms with van der Waals surface area (Å²) in [4.78, 5) is 1.43. The highest BCUT2D eigenvalue weighted by molar-refractivity contribution is 5.41. The third-order valence-electron chi connectivity index (χ3n) is 4.80. The van der Waals surface area contributed by atoms with Crippen molar-refractivity contribution in [3.05, 3.63) is 52.7 Å². The van der Waals surface area contributed by atoms with Gasteiger partial charge in [-0.15, -0.1) is 0 Å². The van der Waals surface area contributed by atoms with Crippen LogP contribution in [0.5, 0.6) is 5.75 Å². The van der Waals surface area contributed by atoms with Gasteiger partial charge in [0.05, 0.1) is 19.4 Å². The SMILES string of the molecule is CC1CCC2=C(CO)C[NH+](CCc3ccc(O)cc3)C=C21. The Morgan fingerprint density at radius 2 is 2.00 bits per heavy atom. The van der Waals surface area contributed by atoms with Gasteiger partial charge in [0.15, 0.2) is 0 Å². The van der Waals surface area contributed by atoms with E-state index in [-0.39, 0.29) is 6.61 Å².